The number of rotatable bonds is 4. The molecule has 1 aliphatic carbocycles. The Hall–Kier alpha value is -2.36. The number of hydrogen-bond donors (Lipinski definition) is 3. The van der Waals surface area contributed by atoms with Crippen LogP contribution in [-0.2, 0) is 6.42 Å². The van der Waals surface area contributed by atoms with Crippen LogP contribution in [-0.4, -0.2) is 18.1 Å². The molecule has 1 aromatic heterocycles. The summed E-state index contributed by atoms with van der Waals surface area (Å²) in [4.78, 5) is 3.76. The summed E-state index contributed by atoms with van der Waals surface area (Å²) in [5.41, 5.74) is 8.35. The summed E-state index contributed by atoms with van der Waals surface area (Å²) < 4.78 is 0. The van der Waals surface area contributed by atoms with Crippen LogP contribution < -0.4 is 10.6 Å². The van der Waals surface area contributed by atoms with Crippen LogP contribution in [0.1, 0.15) is 60.7 Å². The lowest BCUT2D eigenvalue weighted by atomic mass is 9.90. The Bertz CT molecular complexity index is 999. The van der Waals surface area contributed by atoms with Crippen molar-refractivity contribution < 1.29 is 0 Å². The monoisotopic (exact) mass is 371 g/mol. The molecule has 1 unspecified atom stereocenters. The van der Waals surface area contributed by atoms with Crippen molar-refractivity contribution >= 4 is 16.5 Å². The van der Waals surface area contributed by atoms with E-state index in [1.807, 2.05) is 0 Å². The van der Waals surface area contributed by atoms with Crippen molar-refractivity contribution in [1.82, 2.24) is 15.6 Å². The van der Waals surface area contributed by atoms with Crippen LogP contribution in [0.4, 0.5) is 0 Å². The zero-order chi connectivity index (χ0) is 18.9. The molecule has 2 atom stereocenters. The Morgan fingerprint density at radius 1 is 1.11 bits per heavy atom. The highest BCUT2D eigenvalue weighted by atomic mass is 15.0. The van der Waals surface area contributed by atoms with Gasteiger partial charge in [0.2, 0.25) is 0 Å². The van der Waals surface area contributed by atoms with Gasteiger partial charge in [-0.3, -0.25) is 0 Å². The second-order valence-corrected chi connectivity index (χ2v) is 8.22. The van der Waals surface area contributed by atoms with E-state index in [1.165, 1.54) is 58.1 Å². The maximum absolute atomic E-state index is 3.88. The lowest BCUT2D eigenvalue weighted by Gasteiger charge is -2.27. The smallest absolute Gasteiger partial charge is 0.0480 e. The number of benzene rings is 2. The Kier molecular flexibility index (Phi) is 4.79. The van der Waals surface area contributed by atoms with Crippen LogP contribution in [0.25, 0.3) is 16.5 Å². The summed E-state index contributed by atoms with van der Waals surface area (Å²) in [5, 5.41) is 8.79. The van der Waals surface area contributed by atoms with E-state index in [0.29, 0.717) is 12.1 Å². The van der Waals surface area contributed by atoms with Crippen LogP contribution in [0.2, 0.25) is 0 Å². The van der Waals surface area contributed by atoms with Gasteiger partial charge in [-0.25, -0.2) is 0 Å². The normalized spacial score (nSPS) is 20.6. The van der Waals surface area contributed by atoms with Gasteiger partial charge in [-0.15, -0.1) is 0 Å². The van der Waals surface area contributed by atoms with E-state index < -0.39 is 0 Å². The summed E-state index contributed by atoms with van der Waals surface area (Å²) in [7, 11) is 0. The molecule has 144 valence electrons. The standard InChI is InChI=1S/C25H29N3/c1-17(18-7-3-2-4-8-18)27-24-11-5-10-21-22-15-19(20-9-6-14-26-16-20)12-13-23(22)28-25(21)24/h2-4,7-9,12-13,15,17,24,26-28H,5-6,10-11,14,16H2,1H3/t17-,24?/m1/s1. The molecule has 2 heterocycles. The molecule has 3 aromatic rings. The average molecular weight is 372 g/mol. The summed E-state index contributed by atoms with van der Waals surface area (Å²) >= 11 is 0. The molecule has 0 amide bonds. The third kappa shape index (κ3) is 3.30. The van der Waals surface area contributed by atoms with Crippen molar-refractivity contribution in [3.8, 4) is 0 Å². The van der Waals surface area contributed by atoms with Gasteiger partial charge in [0, 0.05) is 35.2 Å². The van der Waals surface area contributed by atoms with Gasteiger partial charge >= 0.3 is 0 Å². The molecule has 1 aliphatic heterocycles. The predicted octanol–water partition coefficient (Wildman–Crippen LogP) is 5.27. The van der Waals surface area contributed by atoms with Gasteiger partial charge in [-0.2, -0.15) is 0 Å². The van der Waals surface area contributed by atoms with E-state index in [-0.39, 0.29) is 0 Å². The molecule has 3 nitrogen and oxygen atoms in total. The first-order valence-corrected chi connectivity index (χ1v) is 10.7. The van der Waals surface area contributed by atoms with Crippen LogP contribution in [0.3, 0.4) is 0 Å². The van der Waals surface area contributed by atoms with Crippen LogP contribution >= 0.6 is 0 Å². The molecule has 0 saturated carbocycles. The molecule has 0 fully saturated rings. The first-order chi connectivity index (χ1) is 13.8. The molecule has 0 bridgehead atoms. The highest BCUT2D eigenvalue weighted by molar-refractivity contribution is 5.89. The van der Waals surface area contributed by atoms with Gasteiger partial charge in [-0.1, -0.05) is 42.5 Å². The maximum Gasteiger partial charge on any atom is 0.0480 e. The molecule has 3 heteroatoms. The third-order valence-corrected chi connectivity index (χ3v) is 6.36. The summed E-state index contributed by atoms with van der Waals surface area (Å²) in [6.45, 7) is 4.35. The maximum atomic E-state index is 3.88. The predicted molar refractivity (Wildman–Crippen MR) is 117 cm³/mol. The van der Waals surface area contributed by atoms with Crippen LogP contribution in [0.5, 0.6) is 0 Å². The van der Waals surface area contributed by atoms with Crippen LogP contribution in [0, 0.1) is 0 Å². The largest absolute Gasteiger partial charge is 0.357 e. The van der Waals surface area contributed by atoms with E-state index in [4.69, 9.17) is 0 Å². The van der Waals surface area contributed by atoms with E-state index in [2.05, 4.69) is 77.1 Å². The summed E-state index contributed by atoms with van der Waals surface area (Å²) in [6.07, 6.45) is 7.13. The topological polar surface area (TPSA) is 39.9 Å². The second-order valence-electron chi connectivity index (χ2n) is 8.22. The molecule has 0 spiro atoms. The second kappa shape index (κ2) is 7.57. The van der Waals surface area contributed by atoms with Crippen LogP contribution in [0.15, 0.2) is 54.6 Å². The van der Waals surface area contributed by atoms with Gasteiger partial charge in [0.1, 0.15) is 0 Å². The first-order valence-electron chi connectivity index (χ1n) is 10.7. The van der Waals surface area contributed by atoms with Crippen molar-refractivity contribution in [1.29, 1.82) is 0 Å². The molecule has 5 rings (SSSR count). The van der Waals surface area contributed by atoms with Gasteiger partial charge < -0.3 is 15.6 Å². The minimum atomic E-state index is 0.345. The fourth-order valence-corrected chi connectivity index (χ4v) is 4.83. The number of nitrogens with one attached hydrogen (secondary N) is 3. The fraction of sp³-hybridized carbons (Fsp3) is 0.360. The zero-order valence-electron chi connectivity index (χ0n) is 16.6. The first kappa shape index (κ1) is 17.7. The summed E-state index contributed by atoms with van der Waals surface area (Å²) in [6, 6.07) is 18.5. The zero-order valence-corrected chi connectivity index (χ0v) is 16.6. The van der Waals surface area contributed by atoms with Gasteiger partial charge in [0.05, 0.1) is 0 Å². The molecule has 28 heavy (non-hydrogen) atoms. The SMILES string of the molecule is C[C@@H](NC1CCCc2c1[nH]c1ccc(C3=CCCNC3)cc21)c1ccccc1. The minimum absolute atomic E-state index is 0.345. The number of hydrogen-bond acceptors (Lipinski definition) is 2. The molecule has 0 radical (unpaired) electrons. The lowest BCUT2D eigenvalue weighted by molar-refractivity contribution is 0.410. The van der Waals surface area contributed by atoms with E-state index in [0.717, 1.165) is 19.5 Å². The number of fused-ring (bicyclic) bond motifs is 3. The van der Waals surface area contributed by atoms with Crippen molar-refractivity contribution in [3.05, 3.63) is 77.0 Å². The molecule has 0 saturated heterocycles. The lowest BCUT2D eigenvalue weighted by Crippen LogP contribution is -2.27. The number of H-pyrrole nitrogens is 1. The molecule has 2 aromatic carbocycles. The molecular formula is C25H29N3. The van der Waals surface area contributed by atoms with E-state index in [9.17, 15) is 0 Å². The Morgan fingerprint density at radius 3 is 2.82 bits per heavy atom. The van der Waals surface area contributed by atoms with Crippen molar-refractivity contribution in [2.45, 2.75) is 44.7 Å². The molecule has 2 aliphatic rings. The van der Waals surface area contributed by atoms with E-state index in [1.54, 1.807) is 0 Å². The Balaban J connectivity index is 1.47. The van der Waals surface area contributed by atoms with E-state index >= 15 is 0 Å². The van der Waals surface area contributed by atoms with Gasteiger partial charge in [0.15, 0.2) is 0 Å². The number of aromatic amines is 1. The Labute approximate surface area is 167 Å². The summed E-state index contributed by atoms with van der Waals surface area (Å²) in [5.74, 6) is 0. The Morgan fingerprint density at radius 2 is 2.00 bits per heavy atom. The third-order valence-electron chi connectivity index (χ3n) is 6.36. The molecular weight excluding hydrogens is 342 g/mol. The minimum Gasteiger partial charge on any atom is -0.357 e. The highest BCUT2D eigenvalue weighted by Crippen LogP contribution is 2.37. The fourth-order valence-electron chi connectivity index (χ4n) is 4.83. The average Bonchev–Trinajstić information content (AvgIpc) is 3.14. The van der Waals surface area contributed by atoms with Gasteiger partial charge in [0.25, 0.3) is 0 Å². The van der Waals surface area contributed by atoms with Crippen molar-refractivity contribution in [3.63, 3.8) is 0 Å². The van der Waals surface area contributed by atoms with Gasteiger partial charge in [-0.05, 0) is 73.5 Å². The van der Waals surface area contributed by atoms with Crippen molar-refractivity contribution in [2.24, 2.45) is 0 Å². The quantitative estimate of drug-likeness (QED) is 0.584. The van der Waals surface area contributed by atoms with Crippen molar-refractivity contribution in [2.75, 3.05) is 13.1 Å². The number of aryl methyl sites for hydroxylation is 1. The highest BCUT2D eigenvalue weighted by Gasteiger charge is 2.25. The number of aromatic nitrogens is 1. The molecule has 3 N–H and O–H groups in total.